The average molecular weight is 580 g/mol. The van der Waals surface area contributed by atoms with Crippen molar-refractivity contribution in [3.05, 3.63) is 70.4 Å². The summed E-state index contributed by atoms with van der Waals surface area (Å²) in [5.74, 6) is -1.56. The molecule has 1 saturated carbocycles. The van der Waals surface area contributed by atoms with Crippen molar-refractivity contribution in [2.45, 2.75) is 45.2 Å². The molecule has 0 bridgehead atoms. The first-order valence-electron chi connectivity index (χ1n) is 12.5. The van der Waals surface area contributed by atoms with Gasteiger partial charge in [-0.1, -0.05) is 23.3 Å². The maximum Gasteiger partial charge on any atom is 0.416 e. The van der Waals surface area contributed by atoms with Gasteiger partial charge in [-0.3, -0.25) is 9.36 Å². The van der Waals surface area contributed by atoms with Crippen molar-refractivity contribution in [1.29, 1.82) is 0 Å². The molecule has 2 aromatic heterocycles. The largest absolute Gasteiger partial charge is 0.461 e. The van der Waals surface area contributed by atoms with Gasteiger partial charge in [-0.15, -0.1) is 5.10 Å². The van der Waals surface area contributed by atoms with Gasteiger partial charge in [-0.2, -0.15) is 31.6 Å². The van der Waals surface area contributed by atoms with Gasteiger partial charge in [0.1, 0.15) is 5.69 Å². The number of aromatic amines is 1. The first kappa shape index (κ1) is 28.1. The Balaban J connectivity index is 1.65. The van der Waals surface area contributed by atoms with Gasteiger partial charge in [0.2, 0.25) is 5.91 Å². The lowest BCUT2D eigenvalue weighted by Gasteiger charge is -2.23. The molecule has 0 aliphatic heterocycles. The summed E-state index contributed by atoms with van der Waals surface area (Å²) in [6.45, 7) is 0.781. The number of hydrogen-bond donors (Lipinski definition) is 1. The van der Waals surface area contributed by atoms with Crippen molar-refractivity contribution in [3.8, 4) is 0 Å². The van der Waals surface area contributed by atoms with Crippen LogP contribution in [-0.4, -0.2) is 43.7 Å². The first-order chi connectivity index (χ1) is 19.4. The molecule has 216 valence electrons. The molecule has 2 aromatic carbocycles. The number of carbonyl (C=O) groups is 2. The summed E-state index contributed by atoms with van der Waals surface area (Å²) in [4.78, 5) is 27.8. The monoisotopic (exact) mass is 580 g/mol. The zero-order chi connectivity index (χ0) is 29.5. The van der Waals surface area contributed by atoms with E-state index in [2.05, 4.69) is 20.6 Å². The zero-order valence-corrected chi connectivity index (χ0v) is 21.4. The Morgan fingerprint density at radius 2 is 1.68 bits per heavy atom. The van der Waals surface area contributed by atoms with Crippen molar-refractivity contribution in [3.63, 3.8) is 0 Å². The predicted molar refractivity (Wildman–Crippen MR) is 132 cm³/mol. The van der Waals surface area contributed by atoms with Crippen LogP contribution in [-0.2, 0) is 30.2 Å². The van der Waals surface area contributed by atoms with Gasteiger partial charge in [0.25, 0.3) is 5.95 Å². The number of benzene rings is 2. The Bertz CT molecular complexity index is 1560. The fourth-order valence-electron chi connectivity index (χ4n) is 4.63. The number of para-hydroxylation sites is 1. The highest BCUT2D eigenvalue weighted by Gasteiger charge is 2.38. The van der Waals surface area contributed by atoms with Gasteiger partial charge in [0, 0.05) is 30.0 Å². The molecule has 1 aliphatic rings. The molecule has 1 aliphatic carbocycles. The molecular weight excluding hydrogens is 558 g/mol. The lowest BCUT2D eigenvalue weighted by molar-refractivity contribution is -0.143. The van der Waals surface area contributed by atoms with Crippen molar-refractivity contribution >= 4 is 28.7 Å². The van der Waals surface area contributed by atoms with E-state index in [4.69, 9.17) is 4.74 Å². The third-order valence-electron chi connectivity index (χ3n) is 6.58. The molecule has 2 heterocycles. The van der Waals surface area contributed by atoms with E-state index in [0.29, 0.717) is 35.9 Å². The number of ether oxygens (including phenoxy) is 1. The van der Waals surface area contributed by atoms with Crippen LogP contribution in [0.3, 0.4) is 0 Å². The number of rotatable bonds is 8. The van der Waals surface area contributed by atoms with Crippen LogP contribution in [0.4, 0.5) is 32.3 Å². The number of esters is 1. The Labute approximate surface area is 228 Å². The van der Waals surface area contributed by atoms with Gasteiger partial charge < -0.3 is 9.64 Å². The van der Waals surface area contributed by atoms with Gasteiger partial charge in [0.05, 0.1) is 23.3 Å². The van der Waals surface area contributed by atoms with Crippen molar-refractivity contribution in [2.24, 2.45) is 5.92 Å². The molecule has 0 spiro atoms. The fourth-order valence-corrected chi connectivity index (χ4v) is 4.63. The minimum Gasteiger partial charge on any atom is -0.461 e. The van der Waals surface area contributed by atoms with E-state index < -0.39 is 36.0 Å². The summed E-state index contributed by atoms with van der Waals surface area (Å²) >= 11 is 0. The minimum atomic E-state index is -5.04. The van der Waals surface area contributed by atoms with Gasteiger partial charge >= 0.3 is 18.3 Å². The number of hydrogen-bond acceptors (Lipinski definition) is 7. The molecule has 5 rings (SSSR count). The quantitative estimate of drug-likeness (QED) is 0.213. The van der Waals surface area contributed by atoms with Crippen molar-refractivity contribution in [2.75, 3.05) is 11.5 Å². The number of tetrazole rings is 1. The number of aromatic nitrogens is 5. The van der Waals surface area contributed by atoms with Crippen LogP contribution in [0.25, 0.3) is 10.9 Å². The molecular formula is C26H22F6N6O3. The van der Waals surface area contributed by atoms with Crippen LogP contribution in [0.2, 0.25) is 0 Å². The molecule has 41 heavy (non-hydrogen) atoms. The second kappa shape index (κ2) is 10.5. The summed E-state index contributed by atoms with van der Waals surface area (Å²) in [7, 11) is 0. The van der Waals surface area contributed by atoms with Crippen molar-refractivity contribution in [1.82, 2.24) is 25.2 Å². The Kier molecular flexibility index (Phi) is 7.21. The van der Waals surface area contributed by atoms with Gasteiger partial charge in [0.15, 0.2) is 0 Å². The van der Waals surface area contributed by atoms with Crippen LogP contribution >= 0.6 is 0 Å². The lowest BCUT2D eigenvalue weighted by atomic mass is 10.0. The number of nitrogens with one attached hydrogen (secondary N) is 1. The number of alkyl halides is 6. The van der Waals surface area contributed by atoms with Crippen LogP contribution < -0.4 is 4.90 Å². The molecule has 0 atom stereocenters. The Morgan fingerprint density at radius 1 is 1.02 bits per heavy atom. The van der Waals surface area contributed by atoms with Crippen LogP contribution in [0.5, 0.6) is 0 Å². The molecule has 1 N–H and O–H groups in total. The van der Waals surface area contributed by atoms with E-state index in [0.717, 1.165) is 0 Å². The summed E-state index contributed by atoms with van der Waals surface area (Å²) in [5, 5.41) is 13.9. The third-order valence-corrected chi connectivity index (χ3v) is 6.58. The van der Waals surface area contributed by atoms with Gasteiger partial charge in [-0.25, -0.2) is 4.79 Å². The number of H-pyrrole nitrogens is 1. The van der Waals surface area contributed by atoms with E-state index in [1.54, 1.807) is 31.2 Å². The number of fused-ring (bicyclic) bond motifs is 1. The molecule has 15 heteroatoms. The third kappa shape index (κ3) is 5.74. The van der Waals surface area contributed by atoms with E-state index in [1.165, 1.54) is 9.47 Å². The molecule has 0 radical (unpaired) electrons. The molecule has 0 saturated heterocycles. The smallest absolute Gasteiger partial charge is 0.416 e. The SMILES string of the molecule is CCOC(=O)c1c(CN(Cc2cc(C(F)(F)F)cc(C(F)(F)F)c2)c2nn[nH]n2)c2ccccc2n1C(=O)C1CC1. The Hall–Kier alpha value is -4.43. The highest BCUT2D eigenvalue weighted by Crippen LogP contribution is 2.38. The summed E-state index contributed by atoms with van der Waals surface area (Å²) in [6, 6.07) is 7.90. The minimum absolute atomic E-state index is 0.00354. The van der Waals surface area contributed by atoms with Gasteiger partial charge in [-0.05, 0) is 54.8 Å². The number of anilines is 1. The Morgan fingerprint density at radius 3 is 2.24 bits per heavy atom. The molecule has 1 fully saturated rings. The summed E-state index contributed by atoms with van der Waals surface area (Å²) in [5.41, 5.74) is -2.70. The predicted octanol–water partition coefficient (Wildman–Crippen LogP) is 5.63. The first-order valence-corrected chi connectivity index (χ1v) is 12.5. The van der Waals surface area contributed by atoms with E-state index in [9.17, 15) is 35.9 Å². The zero-order valence-electron chi connectivity index (χ0n) is 21.4. The molecule has 0 amide bonds. The average Bonchev–Trinajstić information content (AvgIpc) is 3.51. The maximum atomic E-state index is 13.5. The van der Waals surface area contributed by atoms with Crippen LogP contribution in [0, 0.1) is 5.92 Å². The number of carbonyl (C=O) groups excluding carboxylic acids is 2. The summed E-state index contributed by atoms with van der Waals surface area (Å²) < 4.78 is 87.7. The van der Waals surface area contributed by atoms with Crippen LogP contribution in [0.15, 0.2) is 42.5 Å². The highest BCUT2D eigenvalue weighted by molar-refractivity contribution is 6.06. The number of nitrogens with zero attached hydrogens (tertiary/aromatic N) is 5. The topological polar surface area (TPSA) is 106 Å². The second-order valence-corrected chi connectivity index (χ2v) is 9.49. The lowest BCUT2D eigenvalue weighted by Crippen LogP contribution is -2.27. The van der Waals surface area contributed by atoms with Crippen molar-refractivity contribution < 1.29 is 40.7 Å². The number of halogens is 6. The second-order valence-electron chi connectivity index (χ2n) is 9.49. The molecule has 0 unspecified atom stereocenters. The maximum absolute atomic E-state index is 13.5. The standard InChI is InChI=1S/C26H22F6N6O3/c1-2-41-23(40)21-19(18-5-3-4-6-20(18)38(21)22(39)15-7-8-15)13-37(24-33-35-36-34-24)12-14-9-16(25(27,28)29)11-17(10-14)26(30,31)32/h3-6,9-11,15H,2,7-8,12-13H2,1H3,(H,33,34,35,36). The van der Waals surface area contributed by atoms with E-state index in [-0.39, 0.29) is 53.8 Å². The van der Waals surface area contributed by atoms with Crippen LogP contribution in [0.1, 0.15) is 57.3 Å². The normalized spacial score (nSPS) is 13.9. The highest BCUT2D eigenvalue weighted by atomic mass is 19.4. The van der Waals surface area contributed by atoms with E-state index >= 15 is 0 Å². The summed E-state index contributed by atoms with van der Waals surface area (Å²) in [6.07, 6.45) is -8.79. The fraction of sp³-hybridized carbons (Fsp3) is 0.346. The molecule has 4 aromatic rings. The molecule has 9 nitrogen and oxygen atoms in total. The van der Waals surface area contributed by atoms with E-state index in [1.807, 2.05) is 0 Å².